The highest BCUT2D eigenvalue weighted by Crippen LogP contribution is 2.29. The van der Waals surface area contributed by atoms with Crippen molar-refractivity contribution in [1.29, 1.82) is 0 Å². The Kier molecular flexibility index (Phi) is 10.2. The Morgan fingerprint density at radius 2 is 1.73 bits per heavy atom. The van der Waals surface area contributed by atoms with E-state index < -0.39 is 0 Å². The predicted molar refractivity (Wildman–Crippen MR) is 164 cm³/mol. The Hall–Kier alpha value is -3.96. The van der Waals surface area contributed by atoms with Crippen molar-refractivity contribution in [3.05, 3.63) is 119 Å². The quantitative estimate of drug-likeness (QED) is 0.224. The smallest absolute Gasteiger partial charge is 0.254 e. The molecule has 0 atom stereocenters. The molecule has 1 amide bonds. The summed E-state index contributed by atoms with van der Waals surface area (Å²) in [5.74, 6) is 0.903. The third kappa shape index (κ3) is 8.05. The third-order valence-corrected chi connectivity index (χ3v) is 7.61. The second-order valence-electron chi connectivity index (χ2n) is 10.8. The van der Waals surface area contributed by atoms with Crippen molar-refractivity contribution in [1.82, 2.24) is 9.88 Å². The number of rotatable bonds is 7. The van der Waals surface area contributed by atoms with Crippen molar-refractivity contribution < 1.29 is 14.3 Å². The minimum atomic E-state index is 0.0336. The van der Waals surface area contributed by atoms with E-state index in [0.717, 1.165) is 46.4 Å². The summed E-state index contributed by atoms with van der Waals surface area (Å²) >= 11 is 0. The summed E-state index contributed by atoms with van der Waals surface area (Å²) < 4.78 is 12.1. The van der Waals surface area contributed by atoms with E-state index >= 15 is 0 Å². The second-order valence-corrected chi connectivity index (χ2v) is 10.8. The normalized spacial score (nSPS) is 14.0. The number of carbonyl (C=O) groups excluding carboxylic acids is 1. The molecule has 0 fully saturated rings. The molecule has 4 aromatic rings. The number of nitrogens with zero attached hydrogens (tertiary/aromatic N) is 2. The lowest BCUT2D eigenvalue weighted by Crippen LogP contribution is -2.34. The average molecular weight is 549 g/mol. The molecule has 0 saturated carbocycles. The third-order valence-electron chi connectivity index (χ3n) is 7.61. The van der Waals surface area contributed by atoms with E-state index in [1.807, 2.05) is 35.4 Å². The molecular weight excluding hydrogens is 508 g/mol. The summed E-state index contributed by atoms with van der Waals surface area (Å²) in [5.41, 5.74) is 7.60. The first-order valence-electron chi connectivity index (χ1n) is 14.9. The second kappa shape index (κ2) is 14.6. The van der Waals surface area contributed by atoms with Crippen molar-refractivity contribution in [2.24, 2.45) is 0 Å². The fourth-order valence-electron chi connectivity index (χ4n) is 5.34. The minimum absolute atomic E-state index is 0.0336. The summed E-state index contributed by atoms with van der Waals surface area (Å²) in [6.45, 7) is 4.66. The molecule has 0 saturated heterocycles. The topological polar surface area (TPSA) is 51.7 Å². The summed E-state index contributed by atoms with van der Waals surface area (Å²) in [6.07, 6.45) is 10.4. The molecule has 212 valence electrons. The van der Waals surface area contributed by atoms with Crippen molar-refractivity contribution in [2.45, 2.75) is 52.0 Å². The fourth-order valence-corrected chi connectivity index (χ4v) is 5.34. The number of hydrogen-bond donors (Lipinski definition) is 0. The maximum Gasteiger partial charge on any atom is 0.254 e. The molecule has 0 spiro atoms. The van der Waals surface area contributed by atoms with Gasteiger partial charge in [0.25, 0.3) is 5.91 Å². The Bertz CT molecular complexity index is 1400. The lowest BCUT2D eigenvalue weighted by molar-refractivity contribution is 0.0571. The van der Waals surface area contributed by atoms with E-state index in [2.05, 4.69) is 66.5 Å². The van der Waals surface area contributed by atoms with Gasteiger partial charge in [-0.2, -0.15) is 0 Å². The van der Waals surface area contributed by atoms with Crippen LogP contribution in [0.1, 0.15) is 65.2 Å². The van der Waals surface area contributed by atoms with Gasteiger partial charge in [-0.05, 0) is 71.0 Å². The van der Waals surface area contributed by atoms with Gasteiger partial charge < -0.3 is 14.4 Å². The van der Waals surface area contributed by atoms with Gasteiger partial charge in [0.05, 0.1) is 13.2 Å². The van der Waals surface area contributed by atoms with Crippen molar-refractivity contribution in [3.63, 3.8) is 0 Å². The summed E-state index contributed by atoms with van der Waals surface area (Å²) in [6, 6.07) is 27.0. The largest absolute Gasteiger partial charge is 0.491 e. The number of carbonyl (C=O) groups is 1. The fraction of sp³-hybridized carbons (Fsp3) is 0.333. The van der Waals surface area contributed by atoms with Gasteiger partial charge in [0, 0.05) is 43.0 Å². The zero-order valence-corrected chi connectivity index (χ0v) is 24.1. The Morgan fingerprint density at radius 1 is 0.854 bits per heavy atom. The summed E-state index contributed by atoms with van der Waals surface area (Å²) in [5, 5.41) is 0. The van der Waals surface area contributed by atoms with Gasteiger partial charge in [-0.1, -0.05) is 74.7 Å². The molecule has 1 aliphatic heterocycles. The number of fused-ring (bicyclic) bond motifs is 3. The minimum Gasteiger partial charge on any atom is -0.491 e. The maximum absolute atomic E-state index is 13.6. The SMILES string of the molecule is CCCCCCc1ccc(C(=O)N2CCOCCOc3ccc(-c4cccnc4)cc3Cc3cccc(c3)C2)cc1. The van der Waals surface area contributed by atoms with Crippen LogP contribution in [0.5, 0.6) is 5.75 Å². The number of benzene rings is 3. The predicted octanol–water partition coefficient (Wildman–Crippen LogP) is 7.51. The van der Waals surface area contributed by atoms with Crippen LogP contribution in [0.25, 0.3) is 11.1 Å². The van der Waals surface area contributed by atoms with Crippen LogP contribution in [0, 0.1) is 0 Å². The number of ether oxygens (including phenoxy) is 2. The van der Waals surface area contributed by atoms with Gasteiger partial charge in [-0.3, -0.25) is 9.78 Å². The van der Waals surface area contributed by atoms with Crippen LogP contribution in [0.3, 0.4) is 0 Å². The maximum atomic E-state index is 13.6. The first-order valence-corrected chi connectivity index (χ1v) is 14.9. The number of aromatic nitrogens is 1. The summed E-state index contributed by atoms with van der Waals surface area (Å²) in [4.78, 5) is 19.8. The van der Waals surface area contributed by atoms with Gasteiger partial charge in [-0.15, -0.1) is 0 Å². The molecular formula is C36H40N2O3. The highest BCUT2D eigenvalue weighted by Gasteiger charge is 2.17. The van der Waals surface area contributed by atoms with Gasteiger partial charge in [0.15, 0.2) is 0 Å². The van der Waals surface area contributed by atoms with Crippen molar-refractivity contribution >= 4 is 5.91 Å². The Morgan fingerprint density at radius 3 is 2.56 bits per heavy atom. The highest BCUT2D eigenvalue weighted by molar-refractivity contribution is 5.94. The highest BCUT2D eigenvalue weighted by atomic mass is 16.5. The van der Waals surface area contributed by atoms with Crippen LogP contribution in [0.2, 0.25) is 0 Å². The Balaban J connectivity index is 1.34. The summed E-state index contributed by atoms with van der Waals surface area (Å²) in [7, 11) is 0. The molecule has 1 aliphatic rings. The van der Waals surface area contributed by atoms with E-state index in [4.69, 9.17) is 9.47 Å². The standard InChI is InChI=1S/C36H40N2O3/c1-2-3-4-5-8-28-12-14-31(15-13-28)36(39)38-19-20-40-21-22-41-35-17-16-32(33-11-7-18-37-26-33)25-34(35)24-29-9-6-10-30(23-29)27-38/h6-7,9-18,23,25-26H,2-5,8,19-22,24,27H2,1H3. The molecule has 5 heteroatoms. The lowest BCUT2D eigenvalue weighted by Gasteiger charge is -2.24. The number of pyridine rings is 1. The van der Waals surface area contributed by atoms with Gasteiger partial charge in [0.1, 0.15) is 12.4 Å². The van der Waals surface area contributed by atoms with Crippen LogP contribution in [0.15, 0.2) is 91.3 Å². The van der Waals surface area contributed by atoms with Gasteiger partial charge in [-0.25, -0.2) is 0 Å². The number of hydrogen-bond acceptors (Lipinski definition) is 4. The Labute approximate surface area is 244 Å². The van der Waals surface area contributed by atoms with Crippen molar-refractivity contribution in [3.8, 4) is 16.9 Å². The first kappa shape index (κ1) is 28.6. The van der Waals surface area contributed by atoms with E-state index in [1.165, 1.54) is 36.8 Å². The molecule has 41 heavy (non-hydrogen) atoms. The zero-order chi connectivity index (χ0) is 28.3. The van der Waals surface area contributed by atoms with E-state index in [0.29, 0.717) is 32.9 Å². The number of amides is 1. The van der Waals surface area contributed by atoms with Crippen LogP contribution in [-0.2, 0) is 24.1 Å². The molecule has 0 aliphatic carbocycles. The van der Waals surface area contributed by atoms with Crippen molar-refractivity contribution in [2.75, 3.05) is 26.4 Å². The molecule has 0 N–H and O–H groups in total. The van der Waals surface area contributed by atoms with Gasteiger partial charge >= 0.3 is 0 Å². The van der Waals surface area contributed by atoms with Crippen LogP contribution in [0.4, 0.5) is 0 Å². The van der Waals surface area contributed by atoms with E-state index in [1.54, 1.807) is 6.20 Å². The van der Waals surface area contributed by atoms with E-state index in [9.17, 15) is 4.79 Å². The molecule has 3 aromatic carbocycles. The monoisotopic (exact) mass is 548 g/mol. The lowest BCUT2D eigenvalue weighted by atomic mass is 9.98. The number of aryl methyl sites for hydroxylation is 1. The first-order chi connectivity index (χ1) is 20.2. The molecule has 5 rings (SSSR count). The molecule has 2 heterocycles. The molecule has 0 radical (unpaired) electrons. The van der Waals surface area contributed by atoms with Gasteiger partial charge in [0.2, 0.25) is 0 Å². The number of unbranched alkanes of at least 4 members (excludes halogenated alkanes) is 3. The molecule has 1 aromatic heterocycles. The van der Waals surface area contributed by atoms with Crippen LogP contribution in [-0.4, -0.2) is 42.2 Å². The molecule has 5 nitrogen and oxygen atoms in total. The molecule has 2 bridgehead atoms. The average Bonchev–Trinajstić information content (AvgIpc) is 3.01. The van der Waals surface area contributed by atoms with Crippen LogP contribution < -0.4 is 4.74 Å². The van der Waals surface area contributed by atoms with Crippen LogP contribution >= 0.6 is 0 Å². The molecule has 0 unspecified atom stereocenters. The van der Waals surface area contributed by atoms with E-state index in [-0.39, 0.29) is 5.91 Å². The zero-order valence-electron chi connectivity index (χ0n) is 24.1.